The summed E-state index contributed by atoms with van der Waals surface area (Å²) in [5.74, 6) is 0. The molecule has 0 bridgehead atoms. The van der Waals surface area contributed by atoms with Crippen molar-refractivity contribution in [3.8, 4) is 0 Å². The van der Waals surface area contributed by atoms with E-state index >= 15 is 0 Å². The second-order valence-electron chi connectivity index (χ2n) is 4.54. The van der Waals surface area contributed by atoms with Gasteiger partial charge < -0.3 is 5.32 Å². The van der Waals surface area contributed by atoms with Gasteiger partial charge in [-0.25, -0.2) is 0 Å². The molecule has 0 amide bonds. The van der Waals surface area contributed by atoms with E-state index in [0.717, 1.165) is 5.25 Å². The lowest BCUT2D eigenvalue weighted by molar-refractivity contribution is 0.626. The van der Waals surface area contributed by atoms with E-state index in [1.807, 2.05) is 0 Å². The zero-order valence-corrected chi connectivity index (χ0v) is 9.72. The average Bonchev–Trinajstić information content (AvgIpc) is 2.50. The second-order valence-corrected chi connectivity index (χ2v) is 5.82. The van der Waals surface area contributed by atoms with Crippen molar-refractivity contribution in [2.75, 3.05) is 5.32 Å². The van der Waals surface area contributed by atoms with Crippen LogP contribution < -0.4 is 5.32 Å². The van der Waals surface area contributed by atoms with E-state index in [9.17, 15) is 0 Å². The Morgan fingerprint density at radius 3 is 2.93 bits per heavy atom. The minimum atomic E-state index is 0.715. The summed E-state index contributed by atoms with van der Waals surface area (Å²) in [6.45, 7) is 0. The van der Waals surface area contributed by atoms with Crippen LogP contribution in [0.4, 0.5) is 5.69 Å². The number of anilines is 1. The lowest BCUT2D eigenvalue weighted by Gasteiger charge is -2.32. The highest BCUT2D eigenvalue weighted by molar-refractivity contribution is 8.00. The highest BCUT2D eigenvalue weighted by Crippen LogP contribution is 2.42. The van der Waals surface area contributed by atoms with Crippen molar-refractivity contribution in [3.05, 3.63) is 24.3 Å². The van der Waals surface area contributed by atoms with Crippen LogP contribution in [0.3, 0.4) is 0 Å². The molecule has 1 fully saturated rings. The molecule has 0 saturated heterocycles. The number of hydrogen-bond acceptors (Lipinski definition) is 2. The van der Waals surface area contributed by atoms with Gasteiger partial charge in [0.25, 0.3) is 0 Å². The summed E-state index contributed by atoms with van der Waals surface area (Å²) in [5.41, 5.74) is 1.35. The van der Waals surface area contributed by atoms with Crippen molar-refractivity contribution < 1.29 is 0 Å². The van der Waals surface area contributed by atoms with Crippen molar-refractivity contribution in [2.24, 2.45) is 0 Å². The van der Waals surface area contributed by atoms with Gasteiger partial charge in [0.1, 0.15) is 0 Å². The molecule has 0 aromatic heterocycles. The molecule has 1 N–H and O–H groups in total. The number of para-hydroxylation sites is 1. The largest absolute Gasteiger partial charge is 0.380 e. The van der Waals surface area contributed by atoms with Crippen molar-refractivity contribution >= 4 is 17.4 Å². The van der Waals surface area contributed by atoms with E-state index in [2.05, 4.69) is 41.3 Å². The summed E-state index contributed by atoms with van der Waals surface area (Å²) < 4.78 is 0. The number of fused-ring (bicyclic) bond motifs is 2. The van der Waals surface area contributed by atoms with Crippen LogP contribution in [0, 0.1) is 0 Å². The maximum atomic E-state index is 3.72. The van der Waals surface area contributed by atoms with Crippen molar-refractivity contribution in [3.63, 3.8) is 0 Å². The van der Waals surface area contributed by atoms with Crippen LogP contribution in [-0.2, 0) is 0 Å². The summed E-state index contributed by atoms with van der Waals surface area (Å²) in [6.07, 6.45) is 6.98. The SMILES string of the molecule is c1ccc2c(c1)N[C@H]1CCCCC[C@H]1S2. The van der Waals surface area contributed by atoms with Gasteiger partial charge in [0.05, 0.1) is 0 Å². The highest BCUT2D eigenvalue weighted by Gasteiger charge is 2.29. The Hall–Kier alpha value is -0.630. The number of benzene rings is 1. The first kappa shape index (κ1) is 9.59. The quantitative estimate of drug-likeness (QED) is 0.710. The third-order valence-electron chi connectivity index (χ3n) is 3.46. The fourth-order valence-electron chi connectivity index (χ4n) is 2.63. The predicted molar refractivity (Wildman–Crippen MR) is 66.6 cm³/mol. The topological polar surface area (TPSA) is 12.0 Å². The molecule has 1 nitrogen and oxygen atoms in total. The van der Waals surface area contributed by atoms with Gasteiger partial charge in [-0.05, 0) is 25.0 Å². The van der Waals surface area contributed by atoms with Crippen LogP contribution in [0.2, 0.25) is 0 Å². The molecular formula is C13H17NS. The van der Waals surface area contributed by atoms with Gasteiger partial charge in [-0.1, -0.05) is 31.4 Å². The molecule has 2 atom stereocenters. The van der Waals surface area contributed by atoms with Gasteiger partial charge >= 0.3 is 0 Å². The third kappa shape index (κ3) is 1.87. The van der Waals surface area contributed by atoms with E-state index in [0.29, 0.717) is 6.04 Å². The first-order valence-electron chi connectivity index (χ1n) is 5.96. The molecule has 3 rings (SSSR count). The molecule has 15 heavy (non-hydrogen) atoms. The zero-order chi connectivity index (χ0) is 10.1. The molecule has 0 radical (unpaired) electrons. The van der Waals surface area contributed by atoms with Crippen LogP contribution in [-0.4, -0.2) is 11.3 Å². The van der Waals surface area contributed by atoms with Crippen molar-refractivity contribution in [1.29, 1.82) is 0 Å². The second kappa shape index (κ2) is 4.09. The van der Waals surface area contributed by atoms with E-state index in [-0.39, 0.29) is 0 Å². The summed E-state index contributed by atoms with van der Waals surface area (Å²) >= 11 is 2.09. The van der Waals surface area contributed by atoms with Gasteiger partial charge in [0.2, 0.25) is 0 Å². The minimum absolute atomic E-state index is 0.715. The third-order valence-corrected chi connectivity index (χ3v) is 4.94. The molecule has 0 unspecified atom stereocenters. The Morgan fingerprint density at radius 2 is 1.93 bits per heavy atom. The molecule has 1 heterocycles. The molecule has 1 saturated carbocycles. The first-order chi connectivity index (χ1) is 7.43. The predicted octanol–water partition coefficient (Wildman–Crippen LogP) is 3.91. The Balaban J connectivity index is 1.87. The van der Waals surface area contributed by atoms with Crippen molar-refractivity contribution in [1.82, 2.24) is 0 Å². The minimum Gasteiger partial charge on any atom is -0.380 e. The van der Waals surface area contributed by atoms with Crippen LogP contribution in [0.15, 0.2) is 29.2 Å². The standard InChI is InChI=1S/C13H17NS/c1-2-6-10-12(8-3-1)15-13-9-5-4-7-11(13)14-10/h4-5,7,9-10,12,14H,1-3,6,8H2/t10-,12+/m0/s1. The molecule has 1 aromatic rings. The lowest BCUT2D eigenvalue weighted by Crippen LogP contribution is -2.33. The van der Waals surface area contributed by atoms with Gasteiger partial charge in [0.15, 0.2) is 0 Å². The fourth-order valence-corrected chi connectivity index (χ4v) is 4.02. The monoisotopic (exact) mass is 219 g/mol. The average molecular weight is 219 g/mol. The van der Waals surface area contributed by atoms with E-state index in [1.54, 1.807) is 0 Å². The highest BCUT2D eigenvalue weighted by atomic mass is 32.2. The van der Waals surface area contributed by atoms with Crippen LogP contribution in [0.1, 0.15) is 32.1 Å². The Kier molecular flexibility index (Phi) is 2.61. The Labute approximate surface area is 95.6 Å². The van der Waals surface area contributed by atoms with Gasteiger partial charge in [-0.3, -0.25) is 0 Å². The van der Waals surface area contributed by atoms with E-state index in [1.165, 1.54) is 42.7 Å². The van der Waals surface area contributed by atoms with Gasteiger partial charge in [0, 0.05) is 21.9 Å². The summed E-state index contributed by atoms with van der Waals surface area (Å²) in [7, 11) is 0. The molecular weight excluding hydrogens is 202 g/mol. The van der Waals surface area contributed by atoms with Crippen LogP contribution in [0.25, 0.3) is 0 Å². The summed E-state index contributed by atoms with van der Waals surface area (Å²) in [6, 6.07) is 9.44. The number of nitrogens with one attached hydrogen (secondary N) is 1. The first-order valence-corrected chi connectivity index (χ1v) is 6.84. The van der Waals surface area contributed by atoms with E-state index in [4.69, 9.17) is 0 Å². The van der Waals surface area contributed by atoms with E-state index < -0.39 is 0 Å². The maximum Gasteiger partial charge on any atom is 0.0481 e. The lowest BCUT2D eigenvalue weighted by atomic mass is 10.1. The number of rotatable bonds is 0. The number of thioether (sulfide) groups is 1. The molecule has 0 spiro atoms. The zero-order valence-electron chi connectivity index (χ0n) is 8.91. The number of hydrogen-bond donors (Lipinski definition) is 1. The van der Waals surface area contributed by atoms with Crippen LogP contribution >= 0.6 is 11.8 Å². The van der Waals surface area contributed by atoms with Gasteiger partial charge in [-0.2, -0.15) is 0 Å². The molecule has 1 aliphatic heterocycles. The molecule has 1 aliphatic carbocycles. The Morgan fingerprint density at radius 1 is 1.07 bits per heavy atom. The molecule has 1 aromatic carbocycles. The smallest absolute Gasteiger partial charge is 0.0481 e. The van der Waals surface area contributed by atoms with Crippen molar-refractivity contribution in [2.45, 2.75) is 48.3 Å². The van der Waals surface area contributed by atoms with Crippen LogP contribution in [0.5, 0.6) is 0 Å². The molecule has 2 aliphatic rings. The van der Waals surface area contributed by atoms with Gasteiger partial charge in [-0.15, -0.1) is 11.8 Å². The molecule has 2 heteroatoms. The summed E-state index contributed by atoms with van der Waals surface area (Å²) in [4.78, 5) is 1.45. The maximum absolute atomic E-state index is 3.72. The molecule has 80 valence electrons. The summed E-state index contributed by atoms with van der Waals surface area (Å²) in [5, 5.41) is 4.53. The normalized spacial score (nSPS) is 29.6. The fraction of sp³-hybridized carbons (Fsp3) is 0.538. The Bertz CT molecular complexity index is 317.